The predicted octanol–water partition coefficient (Wildman–Crippen LogP) is 4.45. The molecule has 140 valence electrons. The van der Waals surface area contributed by atoms with E-state index in [0.29, 0.717) is 21.5 Å². The number of amides is 2. The number of carbonyl (C=O) groups excluding carboxylic acids is 2. The Labute approximate surface area is 170 Å². The van der Waals surface area contributed by atoms with Gasteiger partial charge in [0, 0.05) is 21.8 Å². The summed E-state index contributed by atoms with van der Waals surface area (Å²) in [6, 6.07) is 9.36. The Morgan fingerprint density at radius 3 is 2.15 bits per heavy atom. The number of anilines is 2. The second-order valence-electron chi connectivity index (χ2n) is 5.46. The van der Waals surface area contributed by atoms with Gasteiger partial charge in [-0.2, -0.15) is 0 Å². The van der Waals surface area contributed by atoms with Crippen LogP contribution >= 0.6 is 34.8 Å². The van der Waals surface area contributed by atoms with Crippen molar-refractivity contribution in [3.63, 3.8) is 0 Å². The van der Waals surface area contributed by atoms with Gasteiger partial charge in [-0.05, 0) is 30.3 Å². The molecule has 2 aromatic rings. The molecule has 1 aliphatic rings. The van der Waals surface area contributed by atoms with Crippen LogP contribution in [0.3, 0.4) is 0 Å². The zero-order valence-corrected chi connectivity index (χ0v) is 16.4. The van der Waals surface area contributed by atoms with E-state index in [2.05, 4.69) is 5.32 Å². The number of ether oxygens (including phenoxy) is 2. The Morgan fingerprint density at radius 2 is 1.56 bits per heavy atom. The van der Waals surface area contributed by atoms with E-state index in [-0.39, 0.29) is 22.2 Å². The average molecular weight is 428 g/mol. The zero-order valence-electron chi connectivity index (χ0n) is 14.2. The van der Waals surface area contributed by atoms with E-state index >= 15 is 0 Å². The maximum absolute atomic E-state index is 12.9. The lowest BCUT2D eigenvalue weighted by Crippen LogP contribution is -2.32. The smallest absolute Gasteiger partial charge is 0.283 e. The Kier molecular flexibility index (Phi) is 5.51. The van der Waals surface area contributed by atoms with Gasteiger partial charge in [-0.1, -0.05) is 34.8 Å². The SMILES string of the molecule is COc1ccc(N2C(=O)C(Cl)=C(Nc3cc(Cl)cc(Cl)c3)C2=O)c(OC)c1. The van der Waals surface area contributed by atoms with Crippen molar-refractivity contribution in [2.75, 3.05) is 24.4 Å². The Hall–Kier alpha value is -2.41. The van der Waals surface area contributed by atoms with Crippen LogP contribution in [-0.2, 0) is 9.59 Å². The molecule has 0 spiro atoms. The van der Waals surface area contributed by atoms with Crippen LogP contribution in [0.15, 0.2) is 47.1 Å². The summed E-state index contributed by atoms with van der Waals surface area (Å²) in [5.74, 6) is -0.515. The van der Waals surface area contributed by atoms with E-state index in [1.165, 1.54) is 20.3 Å². The highest BCUT2D eigenvalue weighted by atomic mass is 35.5. The largest absolute Gasteiger partial charge is 0.497 e. The number of hydrogen-bond donors (Lipinski definition) is 1. The molecular formula is C18H13Cl3N2O4. The second-order valence-corrected chi connectivity index (χ2v) is 6.71. The summed E-state index contributed by atoms with van der Waals surface area (Å²) in [6.07, 6.45) is 0. The highest BCUT2D eigenvalue weighted by Crippen LogP contribution is 2.38. The molecular weight excluding hydrogens is 415 g/mol. The van der Waals surface area contributed by atoms with Crippen molar-refractivity contribution in [2.24, 2.45) is 0 Å². The van der Waals surface area contributed by atoms with Crippen LogP contribution in [0, 0.1) is 0 Å². The van der Waals surface area contributed by atoms with Gasteiger partial charge in [0.25, 0.3) is 11.8 Å². The van der Waals surface area contributed by atoms with Crippen LogP contribution in [0.2, 0.25) is 10.0 Å². The summed E-state index contributed by atoms with van der Waals surface area (Å²) in [5.41, 5.74) is 0.579. The highest BCUT2D eigenvalue weighted by Gasteiger charge is 2.40. The second kappa shape index (κ2) is 7.68. The number of hydrogen-bond acceptors (Lipinski definition) is 5. The van der Waals surface area contributed by atoms with E-state index in [1.54, 1.807) is 30.3 Å². The van der Waals surface area contributed by atoms with E-state index in [9.17, 15) is 9.59 Å². The quantitative estimate of drug-likeness (QED) is 0.714. The number of methoxy groups -OCH3 is 2. The Bertz CT molecular complexity index is 955. The number of nitrogens with zero attached hydrogens (tertiary/aromatic N) is 1. The molecule has 0 aromatic heterocycles. The van der Waals surface area contributed by atoms with Gasteiger partial charge in [0.05, 0.1) is 19.9 Å². The molecule has 2 amide bonds. The van der Waals surface area contributed by atoms with Crippen molar-refractivity contribution in [1.29, 1.82) is 0 Å². The summed E-state index contributed by atoms with van der Waals surface area (Å²) in [4.78, 5) is 26.4. The molecule has 27 heavy (non-hydrogen) atoms. The van der Waals surface area contributed by atoms with Crippen molar-refractivity contribution >= 4 is 58.0 Å². The highest BCUT2D eigenvalue weighted by molar-refractivity contribution is 6.53. The van der Waals surface area contributed by atoms with Gasteiger partial charge in [0.1, 0.15) is 22.2 Å². The van der Waals surface area contributed by atoms with Gasteiger partial charge in [-0.25, -0.2) is 4.90 Å². The first kappa shape index (κ1) is 19.4. The standard InChI is InChI=1S/C18H13Cl3N2O4/c1-26-12-3-4-13(14(8-12)27-2)23-17(24)15(21)16(18(23)25)22-11-6-9(19)5-10(20)7-11/h3-8,22H,1-2H3. The number of benzene rings is 2. The first-order valence-electron chi connectivity index (χ1n) is 7.59. The summed E-state index contributed by atoms with van der Waals surface area (Å²) < 4.78 is 10.4. The molecule has 0 radical (unpaired) electrons. The van der Waals surface area contributed by atoms with E-state index < -0.39 is 11.8 Å². The van der Waals surface area contributed by atoms with E-state index in [1.807, 2.05) is 0 Å². The fourth-order valence-corrected chi connectivity index (χ4v) is 3.31. The summed E-state index contributed by atoms with van der Waals surface area (Å²) in [6.45, 7) is 0. The van der Waals surface area contributed by atoms with Gasteiger partial charge >= 0.3 is 0 Å². The summed E-state index contributed by atoms with van der Waals surface area (Å²) in [7, 11) is 2.92. The molecule has 0 fully saturated rings. The van der Waals surface area contributed by atoms with Gasteiger partial charge in [0.2, 0.25) is 0 Å². The molecule has 1 aliphatic heterocycles. The lowest BCUT2D eigenvalue weighted by Gasteiger charge is -2.18. The Balaban J connectivity index is 1.97. The minimum atomic E-state index is -0.680. The van der Waals surface area contributed by atoms with Crippen LogP contribution < -0.4 is 19.7 Å². The van der Waals surface area contributed by atoms with Gasteiger partial charge in [0.15, 0.2) is 0 Å². The third-order valence-corrected chi connectivity index (χ3v) is 4.57. The first-order chi connectivity index (χ1) is 12.8. The molecule has 3 rings (SSSR count). The minimum Gasteiger partial charge on any atom is -0.497 e. The van der Waals surface area contributed by atoms with Crippen LogP contribution in [-0.4, -0.2) is 26.0 Å². The van der Waals surface area contributed by atoms with Crippen molar-refractivity contribution in [2.45, 2.75) is 0 Å². The lowest BCUT2D eigenvalue weighted by atomic mass is 10.2. The van der Waals surface area contributed by atoms with E-state index in [0.717, 1.165) is 4.90 Å². The van der Waals surface area contributed by atoms with Crippen LogP contribution in [0.25, 0.3) is 0 Å². The molecule has 0 unspecified atom stereocenters. The molecule has 1 heterocycles. The lowest BCUT2D eigenvalue weighted by molar-refractivity contribution is -0.120. The molecule has 0 atom stereocenters. The number of halogens is 3. The minimum absolute atomic E-state index is 0.0853. The third-order valence-electron chi connectivity index (χ3n) is 3.79. The predicted molar refractivity (Wildman–Crippen MR) is 105 cm³/mol. The monoisotopic (exact) mass is 426 g/mol. The van der Waals surface area contributed by atoms with Gasteiger partial charge < -0.3 is 14.8 Å². The molecule has 0 bridgehead atoms. The topological polar surface area (TPSA) is 67.9 Å². The Morgan fingerprint density at radius 1 is 0.889 bits per heavy atom. The maximum atomic E-state index is 12.9. The fourth-order valence-electron chi connectivity index (χ4n) is 2.57. The van der Waals surface area contributed by atoms with Crippen molar-refractivity contribution in [3.8, 4) is 11.5 Å². The molecule has 0 saturated heterocycles. The van der Waals surface area contributed by atoms with E-state index in [4.69, 9.17) is 44.3 Å². The fraction of sp³-hybridized carbons (Fsp3) is 0.111. The molecule has 9 heteroatoms. The van der Waals surface area contributed by atoms with Crippen LogP contribution in [0.1, 0.15) is 0 Å². The molecule has 2 aromatic carbocycles. The zero-order chi connectivity index (χ0) is 19.7. The van der Waals surface area contributed by atoms with Crippen LogP contribution in [0.4, 0.5) is 11.4 Å². The number of nitrogens with one attached hydrogen (secondary N) is 1. The molecule has 0 saturated carbocycles. The van der Waals surface area contributed by atoms with Crippen molar-refractivity contribution < 1.29 is 19.1 Å². The third kappa shape index (κ3) is 3.69. The number of carbonyl (C=O) groups is 2. The average Bonchev–Trinajstić information content (AvgIpc) is 2.84. The summed E-state index contributed by atoms with van der Waals surface area (Å²) >= 11 is 18.1. The molecule has 0 aliphatic carbocycles. The van der Waals surface area contributed by atoms with Crippen molar-refractivity contribution in [3.05, 3.63) is 57.2 Å². The van der Waals surface area contributed by atoms with Gasteiger partial charge in [-0.15, -0.1) is 0 Å². The van der Waals surface area contributed by atoms with Crippen molar-refractivity contribution in [1.82, 2.24) is 0 Å². The number of imide groups is 1. The van der Waals surface area contributed by atoms with Crippen LogP contribution in [0.5, 0.6) is 11.5 Å². The molecule has 6 nitrogen and oxygen atoms in total. The first-order valence-corrected chi connectivity index (χ1v) is 8.72. The summed E-state index contributed by atoms with van der Waals surface area (Å²) in [5, 5.41) is 3.29. The maximum Gasteiger partial charge on any atom is 0.283 e. The van der Waals surface area contributed by atoms with Gasteiger partial charge in [-0.3, -0.25) is 9.59 Å². The normalized spacial score (nSPS) is 14.0. The molecule has 1 N–H and O–H groups in total. The number of rotatable bonds is 5.